The Balaban J connectivity index is 2.06. The van der Waals surface area contributed by atoms with Crippen LogP contribution < -0.4 is 0 Å². The second-order valence-electron chi connectivity index (χ2n) is 2.97. The van der Waals surface area contributed by atoms with Crippen molar-refractivity contribution < 1.29 is 9.90 Å². The van der Waals surface area contributed by atoms with Gasteiger partial charge in [0.1, 0.15) is 5.03 Å². The lowest BCUT2D eigenvalue weighted by Crippen LogP contribution is -1.99. The Morgan fingerprint density at radius 1 is 1.47 bits per heavy atom. The Kier molecular flexibility index (Phi) is 3.93. The molecule has 0 aliphatic carbocycles. The van der Waals surface area contributed by atoms with Crippen molar-refractivity contribution in [1.82, 2.24) is 15.2 Å². The number of aliphatic carboxylic acids is 1. The molecule has 0 spiro atoms. The summed E-state index contributed by atoms with van der Waals surface area (Å²) < 4.78 is 0.734. The number of carbonyl (C=O) groups is 1. The number of hydrogen-bond donors (Lipinski definition) is 1. The molecular formula is C9H6ClN3O2S2. The molecule has 17 heavy (non-hydrogen) atoms. The maximum Gasteiger partial charge on any atom is 0.309 e. The van der Waals surface area contributed by atoms with Gasteiger partial charge in [0.05, 0.1) is 12.1 Å². The van der Waals surface area contributed by atoms with Gasteiger partial charge >= 0.3 is 5.97 Å². The topological polar surface area (TPSA) is 76.0 Å². The van der Waals surface area contributed by atoms with Crippen molar-refractivity contribution in [3.63, 3.8) is 0 Å². The van der Waals surface area contributed by atoms with Crippen molar-refractivity contribution in [2.75, 3.05) is 0 Å². The molecule has 0 saturated carbocycles. The number of carboxylic acids is 1. The standard InChI is InChI=1S/C9H6ClN3O2S2/c10-6-1-2-7(13-12-6)17-9-11-5(4-16-9)3-8(14)15/h1-2,4H,3H2,(H,14,15). The van der Waals surface area contributed by atoms with Gasteiger partial charge in [-0.2, -0.15) is 0 Å². The van der Waals surface area contributed by atoms with E-state index in [1.807, 2.05) is 0 Å². The van der Waals surface area contributed by atoms with E-state index in [-0.39, 0.29) is 6.42 Å². The molecule has 88 valence electrons. The number of thiazole rings is 1. The molecule has 0 atom stereocenters. The highest BCUT2D eigenvalue weighted by molar-refractivity contribution is 8.00. The van der Waals surface area contributed by atoms with E-state index in [4.69, 9.17) is 16.7 Å². The summed E-state index contributed by atoms with van der Waals surface area (Å²) in [4.78, 5) is 14.7. The fraction of sp³-hybridized carbons (Fsp3) is 0.111. The molecule has 0 bridgehead atoms. The molecule has 2 heterocycles. The van der Waals surface area contributed by atoms with Crippen molar-refractivity contribution in [1.29, 1.82) is 0 Å². The van der Waals surface area contributed by atoms with Crippen LogP contribution in [0.1, 0.15) is 5.69 Å². The monoisotopic (exact) mass is 287 g/mol. The van der Waals surface area contributed by atoms with Gasteiger partial charge in [-0.3, -0.25) is 4.79 Å². The molecule has 0 aromatic carbocycles. The second-order valence-corrected chi connectivity index (χ2v) is 5.48. The van der Waals surface area contributed by atoms with Crippen LogP contribution in [0.5, 0.6) is 0 Å². The summed E-state index contributed by atoms with van der Waals surface area (Å²) in [6.07, 6.45) is -0.0661. The molecule has 0 aliphatic rings. The molecule has 2 rings (SSSR count). The van der Waals surface area contributed by atoms with Gasteiger partial charge in [0.15, 0.2) is 9.49 Å². The average Bonchev–Trinajstić information content (AvgIpc) is 2.68. The van der Waals surface area contributed by atoms with Crippen molar-refractivity contribution in [2.45, 2.75) is 15.8 Å². The Morgan fingerprint density at radius 2 is 2.29 bits per heavy atom. The number of aromatic nitrogens is 3. The fourth-order valence-corrected chi connectivity index (χ4v) is 2.82. The highest BCUT2D eigenvalue weighted by atomic mass is 35.5. The van der Waals surface area contributed by atoms with Gasteiger partial charge < -0.3 is 5.11 Å². The zero-order chi connectivity index (χ0) is 12.3. The molecule has 5 nitrogen and oxygen atoms in total. The fourth-order valence-electron chi connectivity index (χ4n) is 1.02. The van der Waals surface area contributed by atoms with E-state index in [1.165, 1.54) is 23.1 Å². The first-order valence-electron chi connectivity index (χ1n) is 4.47. The van der Waals surface area contributed by atoms with E-state index >= 15 is 0 Å². The Morgan fingerprint density at radius 3 is 2.94 bits per heavy atom. The smallest absolute Gasteiger partial charge is 0.309 e. The van der Waals surface area contributed by atoms with Crippen molar-refractivity contribution in [2.24, 2.45) is 0 Å². The number of rotatable bonds is 4. The SMILES string of the molecule is O=C(O)Cc1csc(Sc2ccc(Cl)nn2)n1. The summed E-state index contributed by atoms with van der Waals surface area (Å²) >= 11 is 8.32. The lowest BCUT2D eigenvalue weighted by molar-refractivity contribution is -0.136. The first kappa shape index (κ1) is 12.3. The predicted octanol–water partition coefficient (Wildman–Crippen LogP) is 2.36. The third kappa shape index (κ3) is 3.65. The van der Waals surface area contributed by atoms with Crippen molar-refractivity contribution in [3.8, 4) is 0 Å². The molecule has 2 aromatic rings. The summed E-state index contributed by atoms with van der Waals surface area (Å²) in [5, 5.41) is 18.9. The van der Waals surface area contributed by atoms with Gasteiger partial charge in [0.25, 0.3) is 0 Å². The summed E-state index contributed by atoms with van der Waals surface area (Å²) in [6.45, 7) is 0. The molecule has 0 fully saturated rings. The van der Waals surface area contributed by atoms with Gasteiger partial charge in [-0.25, -0.2) is 4.98 Å². The summed E-state index contributed by atoms with van der Waals surface area (Å²) in [7, 11) is 0. The van der Waals surface area contributed by atoms with Crippen LogP contribution in [-0.4, -0.2) is 26.3 Å². The predicted molar refractivity (Wildman–Crippen MR) is 64.6 cm³/mol. The normalized spacial score (nSPS) is 10.4. The van der Waals surface area contributed by atoms with Crippen LogP contribution in [0.2, 0.25) is 5.15 Å². The molecule has 0 amide bonds. The van der Waals surface area contributed by atoms with Gasteiger partial charge in [0, 0.05) is 5.38 Å². The zero-order valence-electron chi connectivity index (χ0n) is 8.33. The summed E-state index contributed by atoms with van der Waals surface area (Å²) in [5.74, 6) is -0.891. The van der Waals surface area contributed by atoms with Gasteiger partial charge in [0.2, 0.25) is 0 Å². The van der Waals surface area contributed by atoms with E-state index < -0.39 is 5.97 Å². The van der Waals surface area contributed by atoms with Crippen LogP contribution in [0, 0.1) is 0 Å². The first-order valence-corrected chi connectivity index (χ1v) is 6.54. The maximum atomic E-state index is 10.5. The van der Waals surface area contributed by atoms with Gasteiger partial charge in [-0.15, -0.1) is 21.5 Å². The number of hydrogen-bond acceptors (Lipinski definition) is 6. The van der Waals surface area contributed by atoms with Crippen LogP contribution in [0.3, 0.4) is 0 Å². The number of nitrogens with zero attached hydrogens (tertiary/aromatic N) is 3. The van der Waals surface area contributed by atoms with E-state index in [0.29, 0.717) is 15.9 Å². The average molecular weight is 288 g/mol. The number of carboxylic acid groups (broad SMARTS) is 1. The minimum Gasteiger partial charge on any atom is -0.481 e. The molecule has 8 heteroatoms. The van der Waals surface area contributed by atoms with Gasteiger partial charge in [-0.1, -0.05) is 11.6 Å². The quantitative estimate of drug-likeness (QED) is 0.930. The van der Waals surface area contributed by atoms with E-state index in [9.17, 15) is 4.79 Å². The Hall–Kier alpha value is -1.18. The maximum absolute atomic E-state index is 10.5. The van der Waals surface area contributed by atoms with Crippen LogP contribution in [-0.2, 0) is 11.2 Å². The number of halogens is 1. The Bertz CT molecular complexity index is 529. The first-order chi connectivity index (χ1) is 8.13. The summed E-state index contributed by atoms with van der Waals surface area (Å²) in [5.41, 5.74) is 0.548. The molecule has 0 unspecified atom stereocenters. The highest BCUT2D eigenvalue weighted by Crippen LogP contribution is 2.28. The molecule has 0 aliphatic heterocycles. The minimum absolute atomic E-state index is 0.0661. The van der Waals surface area contributed by atoms with Crippen LogP contribution in [0.4, 0.5) is 0 Å². The lowest BCUT2D eigenvalue weighted by atomic mass is 10.3. The third-order valence-corrected chi connectivity index (χ3v) is 3.78. The summed E-state index contributed by atoms with van der Waals surface area (Å²) in [6, 6.07) is 3.38. The zero-order valence-corrected chi connectivity index (χ0v) is 10.7. The lowest BCUT2D eigenvalue weighted by Gasteiger charge is -1.94. The molecular weight excluding hydrogens is 282 g/mol. The largest absolute Gasteiger partial charge is 0.481 e. The molecule has 0 saturated heterocycles. The van der Waals surface area contributed by atoms with Crippen molar-refractivity contribution in [3.05, 3.63) is 28.4 Å². The van der Waals surface area contributed by atoms with Crippen LogP contribution >= 0.6 is 34.7 Å². The molecule has 2 aromatic heterocycles. The van der Waals surface area contributed by atoms with E-state index in [1.54, 1.807) is 17.5 Å². The van der Waals surface area contributed by atoms with Crippen LogP contribution in [0.25, 0.3) is 0 Å². The molecule has 0 radical (unpaired) electrons. The molecule has 1 N–H and O–H groups in total. The van der Waals surface area contributed by atoms with E-state index in [0.717, 1.165) is 4.34 Å². The van der Waals surface area contributed by atoms with Crippen molar-refractivity contribution >= 4 is 40.7 Å². The third-order valence-electron chi connectivity index (χ3n) is 1.66. The second kappa shape index (κ2) is 5.44. The highest BCUT2D eigenvalue weighted by Gasteiger charge is 2.08. The minimum atomic E-state index is -0.891. The Labute approximate surface area is 110 Å². The van der Waals surface area contributed by atoms with Crippen LogP contribution in [0.15, 0.2) is 26.9 Å². The van der Waals surface area contributed by atoms with E-state index in [2.05, 4.69) is 15.2 Å². The van der Waals surface area contributed by atoms with Gasteiger partial charge in [-0.05, 0) is 23.9 Å².